The van der Waals surface area contributed by atoms with Crippen LogP contribution >= 0.6 is 0 Å². The molecule has 1 aliphatic heterocycles. The normalized spacial score (nSPS) is 34.4. The zero-order chi connectivity index (χ0) is 9.71. The zero-order valence-corrected chi connectivity index (χ0v) is 7.86. The Hall–Kier alpha value is -1.09. The number of nitrogens with zero attached hydrogens (tertiary/aromatic N) is 1. The van der Waals surface area contributed by atoms with Gasteiger partial charge in [0, 0.05) is 19.1 Å². The molecule has 74 valence electrons. The molecule has 3 rings (SSSR count). The van der Waals surface area contributed by atoms with E-state index in [1.54, 1.807) is 6.07 Å². The average molecular weight is 192 g/mol. The molecule has 1 saturated carbocycles. The molecule has 0 aromatic heterocycles. The fourth-order valence-corrected chi connectivity index (χ4v) is 2.48. The van der Waals surface area contributed by atoms with Gasteiger partial charge in [0.1, 0.15) is 5.82 Å². The number of hydrogen-bond donors (Lipinski definition) is 1. The van der Waals surface area contributed by atoms with E-state index in [1.165, 1.54) is 6.07 Å². The smallest absolute Gasteiger partial charge is 0.146 e. The largest absolute Gasteiger partial charge is 0.368 e. The minimum absolute atomic E-state index is 0.123. The Morgan fingerprint density at radius 2 is 1.86 bits per heavy atom. The summed E-state index contributed by atoms with van der Waals surface area (Å²) in [5, 5.41) is 0. The van der Waals surface area contributed by atoms with Crippen LogP contribution < -0.4 is 10.6 Å². The molecule has 2 nitrogen and oxygen atoms in total. The highest BCUT2D eigenvalue weighted by molar-refractivity contribution is 5.50. The van der Waals surface area contributed by atoms with Gasteiger partial charge in [-0.05, 0) is 24.0 Å². The Labute approximate surface area is 82.5 Å². The monoisotopic (exact) mass is 192 g/mol. The minimum Gasteiger partial charge on any atom is -0.368 e. The van der Waals surface area contributed by atoms with Crippen LogP contribution in [0.5, 0.6) is 0 Å². The predicted octanol–water partition coefficient (Wildman–Crippen LogP) is 1.22. The number of para-hydroxylation sites is 1. The third-order valence-electron chi connectivity index (χ3n) is 3.45. The van der Waals surface area contributed by atoms with Gasteiger partial charge >= 0.3 is 0 Å². The summed E-state index contributed by atoms with van der Waals surface area (Å²) in [6.45, 7) is 1.85. The van der Waals surface area contributed by atoms with Gasteiger partial charge in [0.15, 0.2) is 0 Å². The fourth-order valence-electron chi connectivity index (χ4n) is 2.48. The van der Waals surface area contributed by atoms with Gasteiger partial charge in [0.25, 0.3) is 0 Å². The lowest BCUT2D eigenvalue weighted by atomic mass is 10.2. The van der Waals surface area contributed by atoms with Crippen molar-refractivity contribution in [1.29, 1.82) is 0 Å². The molecule has 2 unspecified atom stereocenters. The van der Waals surface area contributed by atoms with E-state index in [2.05, 4.69) is 4.90 Å². The number of hydrogen-bond acceptors (Lipinski definition) is 2. The molecular weight excluding hydrogens is 179 g/mol. The molecule has 1 aromatic carbocycles. The molecule has 0 radical (unpaired) electrons. The third-order valence-corrected chi connectivity index (χ3v) is 3.45. The van der Waals surface area contributed by atoms with E-state index in [-0.39, 0.29) is 5.82 Å². The standard InChI is InChI=1S/C11H13FN2/c12-9-3-1-2-4-10(9)14-5-7-8(6-14)11(7)13/h1-4,7-8,11H,5-6,13H2. The van der Waals surface area contributed by atoms with Crippen molar-refractivity contribution in [3.63, 3.8) is 0 Å². The second-order valence-electron chi connectivity index (χ2n) is 4.26. The van der Waals surface area contributed by atoms with Crippen LogP contribution in [0.4, 0.5) is 10.1 Å². The van der Waals surface area contributed by atoms with Crippen LogP contribution in [0.1, 0.15) is 0 Å². The molecular formula is C11H13FN2. The summed E-state index contributed by atoms with van der Waals surface area (Å²) in [6.07, 6.45) is 0. The van der Waals surface area contributed by atoms with Gasteiger partial charge in [-0.2, -0.15) is 0 Å². The Morgan fingerprint density at radius 1 is 1.21 bits per heavy atom. The summed E-state index contributed by atoms with van der Waals surface area (Å²) in [6, 6.07) is 7.33. The lowest BCUT2D eigenvalue weighted by Crippen LogP contribution is -2.28. The van der Waals surface area contributed by atoms with E-state index in [1.807, 2.05) is 12.1 Å². The number of nitrogens with two attached hydrogens (primary N) is 1. The van der Waals surface area contributed by atoms with E-state index < -0.39 is 0 Å². The van der Waals surface area contributed by atoms with Gasteiger partial charge < -0.3 is 10.6 Å². The molecule has 2 fully saturated rings. The van der Waals surface area contributed by atoms with Crippen LogP contribution in [0.3, 0.4) is 0 Å². The summed E-state index contributed by atoms with van der Waals surface area (Å²) in [5.41, 5.74) is 6.56. The summed E-state index contributed by atoms with van der Waals surface area (Å²) in [4.78, 5) is 2.11. The van der Waals surface area contributed by atoms with Crippen molar-refractivity contribution < 1.29 is 4.39 Å². The van der Waals surface area contributed by atoms with Crippen molar-refractivity contribution in [2.24, 2.45) is 17.6 Å². The maximum absolute atomic E-state index is 13.4. The van der Waals surface area contributed by atoms with E-state index in [0.29, 0.717) is 17.9 Å². The van der Waals surface area contributed by atoms with E-state index >= 15 is 0 Å². The zero-order valence-electron chi connectivity index (χ0n) is 7.86. The molecule has 0 bridgehead atoms. The molecule has 1 heterocycles. The highest BCUT2D eigenvalue weighted by Crippen LogP contribution is 2.45. The predicted molar refractivity (Wildman–Crippen MR) is 53.6 cm³/mol. The van der Waals surface area contributed by atoms with Gasteiger partial charge in [0.05, 0.1) is 5.69 Å². The first-order valence-electron chi connectivity index (χ1n) is 5.02. The third kappa shape index (κ3) is 1.05. The summed E-state index contributed by atoms with van der Waals surface area (Å²) in [7, 11) is 0. The molecule has 1 saturated heterocycles. The second-order valence-corrected chi connectivity index (χ2v) is 4.26. The summed E-state index contributed by atoms with van der Waals surface area (Å²) < 4.78 is 13.4. The van der Waals surface area contributed by atoms with Crippen molar-refractivity contribution >= 4 is 5.69 Å². The Balaban J connectivity index is 1.82. The molecule has 2 atom stereocenters. The number of anilines is 1. The lowest BCUT2D eigenvalue weighted by Gasteiger charge is -2.21. The summed E-state index contributed by atoms with van der Waals surface area (Å²) in [5.74, 6) is 1.09. The lowest BCUT2D eigenvalue weighted by molar-refractivity contribution is 0.616. The maximum atomic E-state index is 13.4. The second kappa shape index (κ2) is 2.70. The number of fused-ring (bicyclic) bond motifs is 1. The van der Waals surface area contributed by atoms with Gasteiger partial charge in [-0.15, -0.1) is 0 Å². The first kappa shape index (κ1) is 8.24. The highest BCUT2D eigenvalue weighted by atomic mass is 19.1. The van der Waals surface area contributed by atoms with Crippen LogP contribution in [0.25, 0.3) is 0 Å². The first-order valence-corrected chi connectivity index (χ1v) is 5.02. The van der Waals surface area contributed by atoms with Crippen molar-refractivity contribution in [2.45, 2.75) is 6.04 Å². The first-order chi connectivity index (χ1) is 6.77. The van der Waals surface area contributed by atoms with Gasteiger partial charge in [-0.1, -0.05) is 12.1 Å². The summed E-state index contributed by atoms with van der Waals surface area (Å²) >= 11 is 0. The topological polar surface area (TPSA) is 29.3 Å². The fraction of sp³-hybridized carbons (Fsp3) is 0.455. The van der Waals surface area contributed by atoms with Gasteiger partial charge in [-0.3, -0.25) is 0 Å². The van der Waals surface area contributed by atoms with E-state index in [0.717, 1.165) is 18.8 Å². The van der Waals surface area contributed by atoms with E-state index in [4.69, 9.17) is 5.73 Å². The van der Waals surface area contributed by atoms with E-state index in [9.17, 15) is 4.39 Å². The van der Waals surface area contributed by atoms with Crippen LogP contribution in [-0.4, -0.2) is 19.1 Å². The van der Waals surface area contributed by atoms with Crippen molar-refractivity contribution in [3.05, 3.63) is 30.1 Å². The quantitative estimate of drug-likeness (QED) is 0.725. The number of halogens is 1. The Bertz CT molecular complexity index is 354. The van der Waals surface area contributed by atoms with Crippen LogP contribution in [-0.2, 0) is 0 Å². The molecule has 0 spiro atoms. The molecule has 2 N–H and O–H groups in total. The Kier molecular flexibility index (Phi) is 1.59. The van der Waals surface area contributed by atoms with Crippen LogP contribution in [0, 0.1) is 17.7 Å². The molecule has 3 heteroatoms. The molecule has 2 aliphatic rings. The van der Waals surface area contributed by atoms with Crippen LogP contribution in [0.2, 0.25) is 0 Å². The minimum atomic E-state index is -0.123. The van der Waals surface area contributed by atoms with Crippen molar-refractivity contribution in [1.82, 2.24) is 0 Å². The average Bonchev–Trinajstić information content (AvgIpc) is 2.66. The SMILES string of the molecule is NC1C2CN(c3ccccc3F)CC12. The number of benzene rings is 1. The number of rotatable bonds is 1. The van der Waals surface area contributed by atoms with Crippen molar-refractivity contribution in [3.8, 4) is 0 Å². The van der Waals surface area contributed by atoms with Crippen LogP contribution in [0.15, 0.2) is 24.3 Å². The Morgan fingerprint density at radius 3 is 2.50 bits per heavy atom. The molecule has 0 amide bonds. The van der Waals surface area contributed by atoms with Crippen molar-refractivity contribution in [2.75, 3.05) is 18.0 Å². The highest BCUT2D eigenvalue weighted by Gasteiger charge is 2.53. The number of piperidine rings is 1. The molecule has 1 aliphatic carbocycles. The molecule has 14 heavy (non-hydrogen) atoms. The maximum Gasteiger partial charge on any atom is 0.146 e. The van der Waals surface area contributed by atoms with Gasteiger partial charge in [-0.25, -0.2) is 4.39 Å². The molecule has 1 aromatic rings. The van der Waals surface area contributed by atoms with Gasteiger partial charge in [0.2, 0.25) is 0 Å².